The van der Waals surface area contributed by atoms with E-state index in [1.54, 1.807) is 0 Å². The van der Waals surface area contributed by atoms with Gasteiger partial charge >= 0.3 is 0 Å². The summed E-state index contributed by atoms with van der Waals surface area (Å²) in [5.41, 5.74) is 6.99. The van der Waals surface area contributed by atoms with E-state index in [0.29, 0.717) is 12.3 Å². The predicted octanol–water partition coefficient (Wildman–Crippen LogP) is 0.347. The molecule has 1 aromatic rings. The zero-order valence-electron chi connectivity index (χ0n) is 15.0. The smallest absolute Gasteiger partial charge is 0.254 e. The number of nitrogens with zero attached hydrogens (tertiary/aromatic N) is 1. The highest BCUT2D eigenvalue weighted by atomic mass is 32.2. The van der Waals surface area contributed by atoms with Gasteiger partial charge in [0.25, 0.3) is 5.91 Å². The Morgan fingerprint density at radius 2 is 2.12 bits per heavy atom. The van der Waals surface area contributed by atoms with Gasteiger partial charge in [0.2, 0.25) is 5.91 Å². The van der Waals surface area contributed by atoms with Crippen molar-refractivity contribution >= 4 is 23.6 Å². The summed E-state index contributed by atoms with van der Waals surface area (Å²) in [6.07, 6.45) is 4.18. The van der Waals surface area contributed by atoms with Crippen molar-refractivity contribution in [1.82, 2.24) is 10.2 Å². The van der Waals surface area contributed by atoms with Crippen molar-refractivity contribution < 1.29 is 14.7 Å². The van der Waals surface area contributed by atoms with Crippen LogP contribution in [0.3, 0.4) is 0 Å². The van der Waals surface area contributed by atoms with Crippen molar-refractivity contribution in [1.29, 1.82) is 0 Å². The number of nitrogens with two attached hydrogens (primary N) is 1. The van der Waals surface area contributed by atoms with Crippen molar-refractivity contribution in [2.45, 2.75) is 43.2 Å². The van der Waals surface area contributed by atoms with Crippen LogP contribution in [-0.2, 0) is 16.0 Å². The van der Waals surface area contributed by atoms with E-state index in [9.17, 15) is 14.7 Å². The van der Waals surface area contributed by atoms with Gasteiger partial charge in [0.05, 0.1) is 12.4 Å². The Kier molecular flexibility index (Phi) is 6.70. The van der Waals surface area contributed by atoms with Crippen LogP contribution in [0.2, 0.25) is 0 Å². The van der Waals surface area contributed by atoms with Crippen molar-refractivity contribution in [3.63, 3.8) is 0 Å². The second kappa shape index (κ2) is 8.58. The fourth-order valence-electron chi connectivity index (χ4n) is 3.00. The number of amides is 2. The molecular weight excluding hydrogens is 350 g/mol. The lowest BCUT2D eigenvalue weighted by Crippen LogP contribution is -2.57. The summed E-state index contributed by atoms with van der Waals surface area (Å²) in [4.78, 5) is 26.7. The van der Waals surface area contributed by atoms with Crippen molar-refractivity contribution in [2.24, 2.45) is 5.73 Å². The summed E-state index contributed by atoms with van der Waals surface area (Å²) in [5.74, 6) is 1.81. The van der Waals surface area contributed by atoms with Crippen LogP contribution in [0.5, 0.6) is 0 Å². The highest BCUT2D eigenvalue weighted by molar-refractivity contribution is 8.00. The van der Waals surface area contributed by atoms with E-state index in [4.69, 9.17) is 12.2 Å². The Morgan fingerprint density at radius 1 is 1.46 bits per heavy atom. The highest BCUT2D eigenvalue weighted by Gasteiger charge is 2.49. The molecule has 4 N–H and O–H groups in total. The zero-order valence-corrected chi connectivity index (χ0v) is 15.8. The average molecular weight is 375 g/mol. The number of carbonyl (C=O) groups excluding carboxylic acids is 2. The Bertz CT molecular complexity index is 687. The molecule has 1 aromatic carbocycles. The lowest BCUT2D eigenvalue weighted by Gasteiger charge is -2.32. The van der Waals surface area contributed by atoms with Crippen molar-refractivity contribution in [3.8, 4) is 12.3 Å². The third-order valence-corrected chi connectivity index (χ3v) is 5.79. The molecule has 3 atom stereocenters. The normalized spacial score (nSPS) is 20.9. The van der Waals surface area contributed by atoms with Gasteiger partial charge < -0.3 is 21.1 Å². The van der Waals surface area contributed by atoms with Crippen LogP contribution < -0.4 is 11.1 Å². The van der Waals surface area contributed by atoms with Crippen LogP contribution in [0, 0.1) is 12.3 Å². The van der Waals surface area contributed by atoms with E-state index in [0.717, 1.165) is 5.56 Å². The molecule has 1 aliphatic rings. The summed E-state index contributed by atoms with van der Waals surface area (Å²) < 4.78 is -0.489. The molecular formula is C19H25N3O3S. The number of benzene rings is 1. The Hall–Kier alpha value is -2.01. The molecule has 1 fully saturated rings. The average Bonchev–Trinajstić information content (AvgIpc) is 2.94. The van der Waals surface area contributed by atoms with E-state index in [1.807, 2.05) is 44.2 Å². The van der Waals surface area contributed by atoms with Gasteiger partial charge in [0.1, 0.15) is 12.1 Å². The molecule has 0 bridgehead atoms. The largest absolute Gasteiger partial charge is 0.382 e. The molecule has 140 valence electrons. The van der Waals surface area contributed by atoms with Gasteiger partial charge in [-0.05, 0) is 25.8 Å². The van der Waals surface area contributed by atoms with Crippen LogP contribution in [0.25, 0.3) is 0 Å². The molecule has 1 aliphatic heterocycles. The van der Waals surface area contributed by atoms with E-state index >= 15 is 0 Å². The minimum absolute atomic E-state index is 0.0915. The first-order valence-electron chi connectivity index (χ1n) is 8.41. The molecule has 0 spiro atoms. The molecule has 1 heterocycles. The summed E-state index contributed by atoms with van der Waals surface area (Å²) >= 11 is 1.48. The number of thioether (sulfide) groups is 1. The number of rotatable bonds is 6. The number of hydrogen-bond acceptors (Lipinski definition) is 5. The molecule has 0 radical (unpaired) electrons. The quantitative estimate of drug-likeness (QED) is 0.624. The maximum Gasteiger partial charge on any atom is 0.254 e. The highest BCUT2D eigenvalue weighted by Crippen LogP contribution is 2.39. The van der Waals surface area contributed by atoms with E-state index < -0.39 is 28.8 Å². The SMILES string of the molecule is C#CCNC(=O)C1N(C(=O)C(O)C(N)Cc2ccccc2)CSC1(C)C. The third kappa shape index (κ3) is 4.58. The topological polar surface area (TPSA) is 95.7 Å². The van der Waals surface area contributed by atoms with Gasteiger partial charge in [-0.2, -0.15) is 0 Å². The number of terminal acetylenes is 1. The van der Waals surface area contributed by atoms with Gasteiger partial charge in [0, 0.05) is 10.8 Å². The van der Waals surface area contributed by atoms with Crippen LogP contribution in [0.4, 0.5) is 0 Å². The second-order valence-corrected chi connectivity index (χ2v) is 8.41. The first-order chi connectivity index (χ1) is 12.3. The number of aliphatic hydroxyl groups is 1. The third-order valence-electron chi connectivity index (χ3n) is 4.41. The van der Waals surface area contributed by atoms with Gasteiger partial charge in [0.15, 0.2) is 0 Å². The fraction of sp³-hybridized carbons (Fsp3) is 0.474. The number of aliphatic hydroxyl groups excluding tert-OH is 1. The zero-order chi connectivity index (χ0) is 19.3. The summed E-state index contributed by atoms with van der Waals surface area (Å²) in [6.45, 7) is 3.87. The number of carbonyl (C=O) groups is 2. The van der Waals surface area contributed by atoms with Gasteiger partial charge in [-0.25, -0.2) is 0 Å². The molecule has 3 unspecified atom stereocenters. The molecule has 2 rings (SSSR count). The molecule has 26 heavy (non-hydrogen) atoms. The Balaban J connectivity index is 2.10. The van der Waals surface area contributed by atoms with Crippen LogP contribution in [0.15, 0.2) is 30.3 Å². The molecule has 7 heteroatoms. The lowest BCUT2D eigenvalue weighted by atomic mass is 9.98. The maximum atomic E-state index is 12.8. The first kappa shape index (κ1) is 20.3. The molecule has 0 aromatic heterocycles. The van der Waals surface area contributed by atoms with E-state index in [2.05, 4.69) is 11.2 Å². The molecule has 1 saturated heterocycles. The summed E-state index contributed by atoms with van der Waals surface area (Å²) in [6, 6.07) is 7.95. The van der Waals surface area contributed by atoms with Gasteiger partial charge in [-0.3, -0.25) is 9.59 Å². The monoisotopic (exact) mass is 375 g/mol. The standard InChI is InChI=1S/C19H25N3O3S/c1-4-10-21-17(24)16-19(2,3)26-12-22(16)18(25)15(23)14(20)11-13-8-6-5-7-9-13/h1,5-9,14-16,23H,10-12,20H2,2-3H3,(H,21,24). The van der Waals surface area contributed by atoms with Crippen LogP contribution in [-0.4, -0.2) is 57.2 Å². The van der Waals surface area contributed by atoms with Crippen molar-refractivity contribution in [3.05, 3.63) is 35.9 Å². The fourth-order valence-corrected chi connectivity index (χ4v) is 4.14. The second-order valence-electron chi connectivity index (χ2n) is 6.81. The maximum absolute atomic E-state index is 12.8. The molecule has 0 saturated carbocycles. The number of hydrogen-bond donors (Lipinski definition) is 3. The Labute approximate surface area is 158 Å². The van der Waals surface area contributed by atoms with E-state index in [-0.39, 0.29) is 12.5 Å². The van der Waals surface area contributed by atoms with Crippen LogP contribution >= 0.6 is 11.8 Å². The minimum atomic E-state index is -1.38. The van der Waals surface area contributed by atoms with Crippen molar-refractivity contribution in [2.75, 3.05) is 12.4 Å². The van der Waals surface area contributed by atoms with E-state index in [1.165, 1.54) is 16.7 Å². The predicted molar refractivity (Wildman–Crippen MR) is 103 cm³/mol. The summed E-state index contributed by atoms with van der Waals surface area (Å²) in [5, 5.41) is 13.1. The summed E-state index contributed by atoms with van der Waals surface area (Å²) in [7, 11) is 0. The molecule has 0 aliphatic carbocycles. The molecule has 6 nitrogen and oxygen atoms in total. The Morgan fingerprint density at radius 3 is 2.73 bits per heavy atom. The first-order valence-corrected chi connectivity index (χ1v) is 9.39. The molecule has 2 amide bonds. The van der Waals surface area contributed by atoms with Gasteiger partial charge in [-0.1, -0.05) is 36.3 Å². The minimum Gasteiger partial charge on any atom is -0.382 e. The van der Waals surface area contributed by atoms with Crippen LogP contribution in [0.1, 0.15) is 19.4 Å². The lowest BCUT2D eigenvalue weighted by molar-refractivity contribution is -0.146. The van der Waals surface area contributed by atoms with Gasteiger partial charge in [-0.15, -0.1) is 18.2 Å². The number of nitrogens with one attached hydrogen (secondary N) is 1.